The lowest BCUT2D eigenvalue weighted by molar-refractivity contribution is -0.696. The normalized spacial score (nSPS) is 9.59. The number of carboxylic acids is 1. The highest BCUT2D eigenvalue weighted by molar-refractivity contribution is 5.66. The van der Waals surface area contributed by atoms with Crippen LogP contribution in [0.4, 0.5) is 0 Å². The molecule has 0 saturated carbocycles. The van der Waals surface area contributed by atoms with Gasteiger partial charge < -0.3 is 15.6 Å². The van der Waals surface area contributed by atoms with Gasteiger partial charge in [-0.05, 0) is 12.8 Å². The third kappa shape index (κ3) is 9.56. The zero-order valence-corrected chi connectivity index (χ0v) is 10.8. The number of nitrogens with zero attached hydrogens (tertiary/aromatic N) is 2. The van der Waals surface area contributed by atoms with E-state index in [9.17, 15) is 0 Å². The van der Waals surface area contributed by atoms with Crippen molar-refractivity contribution in [3.63, 3.8) is 0 Å². The number of carbonyl (C=O) groups excluding carboxylic acids is 1. The summed E-state index contributed by atoms with van der Waals surface area (Å²) in [6.07, 6.45) is 11.7. The minimum atomic E-state index is -1.22. The first-order valence-electron chi connectivity index (χ1n) is 6.01. The molecule has 1 aromatic heterocycles. The van der Waals surface area contributed by atoms with E-state index in [1.54, 1.807) is 0 Å². The van der Waals surface area contributed by atoms with Gasteiger partial charge in [-0.1, -0.05) is 19.8 Å². The molecule has 1 rings (SSSR count). The molecule has 0 aliphatic carbocycles. The predicted octanol–water partition coefficient (Wildman–Crippen LogP) is -0.412. The molecule has 0 aliphatic rings. The van der Waals surface area contributed by atoms with Crippen LogP contribution in [-0.4, -0.2) is 17.1 Å². The molecule has 0 aliphatic heterocycles. The molecule has 1 aromatic rings. The second-order valence-electron chi connectivity index (χ2n) is 3.95. The molecule has 0 aromatic carbocycles. The van der Waals surface area contributed by atoms with Gasteiger partial charge >= 0.3 is 0 Å². The second-order valence-corrected chi connectivity index (χ2v) is 3.95. The first-order chi connectivity index (χ1) is 8.10. The molecule has 5 heteroatoms. The van der Waals surface area contributed by atoms with Crippen LogP contribution in [0.15, 0.2) is 18.7 Å². The lowest BCUT2D eigenvalue weighted by Crippen LogP contribution is -2.30. The zero-order valence-electron chi connectivity index (χ0n) is 10.8. The van der Waals surface area contributed by atoms with Crippen LogP contribution in [0.3, 0.4) is 0 Å². The van der Waals surface area contributed by atoms with Crippen LogP contribution in [0.5, 0.6) is 0 Å². The summed E-state index contributed by atoms with van der Waals surface area (Å²) in [7, 11) is 2.06. The van der Waals surface area contributed by atoms with Crippen molar-refractivity contribution in [2.75, 3.05) is 6.54 Å². The molecule has 0 amide bonds. The Kier molecular flexibility index (Phi) is 9.05. The van der Waals surface area contributed by atoms with Crippen molar-refractivity contribution in [3.8, 4) is 0 Å². The number of hydrogen-bond donors (Lipinski definition) is 1. The summed E-state index contributed by atoms with van der Waals surface area (Å²) >= 11 is 0. The Hall–Kier alpha value is -1.36. The molecule has 2 N–H and O–H groups in total. The maximum atomic E-state index is 9.13. The van der Waals surface area contributed by atoms with Gasteiger partial charge in [0.2, 0.25) is 6.33 Å². The molecule has 0 unspecified atom stereocenters. The van der Waals surface area contributed by atoms with Gasteiger partial charge in [-0.25, -0.2) is 9.13 Å². The maximum absolute atomic E-state index is 9.13. The van der Waals surface area contributed by atoms with Gasteiger partial charge in [0.05, 0.1) is 19.6 Å². The van der Waals surface area contributed by atoms with Crippen LogP contribution in [0.2, 0.25) is 0 Å². The summed E-state index contributed by atoms with van der Waals surface area (Å²) in [4.78, 5) is 9.13. The Labute approximate surface area is 103 Å². The molecule has 0 saturated heterocycles. The molecule has 0 radical (unpaired) electrons. The molecule has 17 heavy (non-hydrogen) atoms. The van der Waals surface area contributed by atoms with Gasteiger partial charge in [0.25, 0.3) is 0 Å². The van der Waals surface area contributed by atoms with Crippen molar-refractivity contribution in [1.82, 2.24) is 4.57 Å². The summed E-state index contributed by atoms with van der Waals surface area (Å²) in [5, 5.41) is 9.13. The summed E-state index contributed by atoms with van der Waals surface area (Å²) < 4.78 is 4.33. The van der Waals surface area contributed by atoms with E-state index in [0.717, 1.165) is 0 Å². The van der Waals surface area contributed by atoms with Gasteiger partial charge in [0, 0.05) is 6.54 Å². The summed E-state index contributed by atoms with van der Waals surface area (Å²) in [6, 6.07) is 0. The van der Waals surface area contributed by atoms with Gasteiger partial charge in [-0.15, -0.1) is 0 Å². The van der Waals surface area contributed by atoms with Crippen molar-refractivity contribution in [3.05, 3.63) is 18.7 Å². The number of unbranched alkanes of at least 4 members (excludes halogenated alkanes) is 3. The monoisotopic (exact) mass is 241 g/mol. The van der Waals surface area contributed by atoms with E-state index in [0.29, 0.717) is 0 Å². The average Bonchev–Trinajstić information content (AvgIpc) is 2.71. The molecular formula is C12H23N3O2. The van der Waals surface area contributed by atoms with Crippen LogP contribution in [-0.2, 0) is 18.4 Å². The zero-order chi connectivity index (χ0) is 13.1. The van der Waals surface area contributed by atoms with E-state index in [1.807, 2.05) is 0 Å². The molecule has 0 atom stereocenters. The number of rotatable bonds is 6. The van der Waals surface area contributed by atoms with Crippen molar-refractivity contribution < 1.29 is 14.5 Å². The van der Waals surface area contributed by atoms with E-state index in [4.69, 9.17) is 9.90 Å². The fourth-order valence-corrected chi connectivity index (χ4v) is 1.36. The minimum Gasteiger partial charge on any atom is -0.549 e. The molecule has 98 valence electrons. The highest BCUT2D eigenvalue weighted by atomic mass is 16.4. The van der Waals surface area contributed by atoms with E-state index >= 15 is 0 Å². The number of carbonyl (C=O) groups is 1. The van der Waals surface area contributed by atoms with E-state index in [2.05, 4.69) is 47.6 Å². The Morgan fingerprint density at radius 2 is 2.06 bits per heavy atom. The van der Waals surface area contributed by atoms with E-state index < -0.39 is 5.97 Å². The topological polar surface area (TPSA) is 75.0 Å². The first kappa shape index (κ1) is 15.6. The average molecular weight is 241 g/mol. The van der Waals surface area contributed by atoms with Crippen LogP contribution in [0.25, 0.3) is 0 Å². The smallest absolute Gasteiger partial charge is 0.243 e. The standard InChI is InChI=1S/C10H19N2.C2H5NO2/c1-3-4-5-6-7-12-9-8-11(2)10-12;3-1-2(4)5/h8-10H,3-7H2,1-2H3;1,3H2,(H,4,5)/q+1;/p-1. The largest absolute Gasteiger partial charge is 0.549 e. The third-order valence-electron chi connectivity index (χ3n) is 2.26. The fourth-order valence-electron chi connectivity index (χ4n) is 1.36. The lowest BCUT2D eigenvalue weighted by atomic mass is 10.2. The van der Waals surface area contributed by atoms with E-state index in [-0.39, 0.29) is 6.54 Å². The Bertz CT molecular complexity index is 310. The Morgan fingerprint density at radius 3 is 2.47 bits per heavy atom. The van der Waals surface area contributed by atoms with Gasteiger partial charge in [0.15, 0.2) is 0 Å². The van der Waals surface area contributed by atoms with Crippen molar-refractivity contribution in [1.29, 1.82) is 0 Å². The summed E-state index contributed by atoms with van der Waals surface area (Å²) in [5.74, 6) is -1.22. The predicted molar refractivity (Wildman–Crippen MR) is 63.8 cm³/mol. The number of carboxylic acid groups (broad SMARTS) is 1. The van der Waals surface area contributed by atoms with Gasteiger partial charge in [-0.2, -0.15) is 0 Å². The number of aryl methyl sites for hydroxylation is 2. The van der Waals surface area contributed by atoms with Crippen LogP contribution in [0.1, 0.15) is 32.6 Å². The quantitative estimate of drug-likeness (QED) is 0.543. The van der Waals surface area contributed by atoms with E-state index in [1.165, 1.54) is 32.2 Å². The fraction of sp³-hybridized carbons (Fsp3) is 0.667. The van der Waals surface area contributed by atoms with Gasteiger partial charge in [0.1, 0.15) is 12.4 Å². The number of aromatic nitrogens is 2. The number of hydrogen-bond acceptors (Lipinski definition) is 3. The third-order valence-corrected chi connectivity index (χ3v) is 2.26. The first-order valence-corrected chi connectivity index (χ1v) is 6.01. The highest BCUT2D eigenvalue weighted by Gasteiger charge is 1.97. The van der Waals surface area contributed by atoms with Crippen LogP contribution in [0, 0.1) is 0 Å². The molecule has 5 nitrogen and oxygen atoms in total. The molecule has 0 spiro atoms. The van der Waals surface area contributed by atoms with Crippen LogP contribution >= 0.6 is 0 Å². The second kappa shape index (κ2) is 9.84. The van der Waals surface area contributed by atoms with Crippen LogP contribution < -0.4 is 15.4 Å². The van der Waals surface area contributed by atoms with Crippen molar-refractivity contribution in [2.24, 2.45) is 12.8 Å². The van der Waals surface area contributed by atoms with Gasteiger partial charge in [-0.3, -0.25) is 0 Å². The minimum absolute atomic E-state index is 0.389. The number of aliphatic carboxylic acids is 1. The highest BCUT2D eigenvalue weighted by Crippen LogP contribution is 1.97. The Morgan fingerprint density at radius 1 is 1.41 bits per heavy atom. The van der Waals surface area contributed by atoms with Crippen molar-refractivity contribution >= 4 is 5.97 Å². The molecule has 0 bridgehead atoms. The van der Waals surface area contributed by atoms with Crippen molar-refractivity contribution in [2.45, 2.75) is 39.2 Å². The lowest BCUT2D eigenvalue weighted by Gasteiger charge is -1.95. The molecule has 0 fully saturated rings. The SMILES string of the molecule is CCCCCC[n+]1ccn(C)c1.NCC(=O)[O-]. The maximum Gasteiger partial charge on any atom is 0.243 e. The number of imidazole rings is 1. The summed E-state index contributed by atoms with van der Waals surface area (Å²) in [6.45, 7) is 3.02. The Balaban J connectivity index is 0.000000437. The number of nitrogens with two attached hydrogens (primary N) is 1. The summed E-state index contributed by atoms with van der Waals surface area (Å²) in [5.41, 5.74) is 4.51. The molecule has 1 heterocycles. The molecular weight excluding hydrogens is 218 g/mol.